The summed E-state index contributed by atoms with van der Waals surface area (Å²) < 4.78 is 2.11. The Morgan fingerprint density at radius 3 is 3.06 bits per heavy atom. The standard InChI is InChI=1S/C14H25N3O/c1-3-17-14(10-12(2)15-17)11-16-8-4-6-13(16)7-5-9-18/h10,13,18H,3-9,11H2,1-2H3. The predicted octanol–water partition coefficient (Wildman–Crippen LogP) is 1.95. The molecule has 0 amide bonds. The summed E-state index contributed by atoms with van der Waals surface area (Å²) in [7, 11) is 0. The molecule has 1 aromatic rings. The maximum absolute atomic E-state index is 8.96. The molecule has 2 rings (SSSR count). The lowest BCUT2D eigenvalue weighted by Crippen LogP contribution is -2.30. The number of aliphatic hydroxyl groups is 1. The minimum Gasteiger partial charge on any atom is -0.396 e. The number of hydrogen-bond donors (Lipinski definition) is 1. The molecule has 0 radical (unpaired) electrons. The molecule has 0 spiro atoms. The Hall–Kier alpha value is -0.870. The SMILES string of the molecule is CCn1nc(C)cc1CN1CCCC1CCCO. The lowest BCUT2D eigenvalue weighted by atomic mass is 10.1. The number of aromatic nitrogens is 2. The van der Waals surface area contributed by atoms with Crippen molar-refractivity contribution in [1.29, 1.82) is 0 Å². The molecule has 1 saturated heterocycles. The van der Waals surface area contributed by atoms with Crippen molar-refractivity contribution >= 4 is 0 Å². The fourth-order valence-electron chi connectivity index (χ4n) is 2.97. The molecule has 1 unspecified atom stereocenters. The highest BCUT2D eigenvalue weighted by Crippen LogP contribution is 2.23. The molecule has 1 N–H and O–H groups in total. The number of aryl methyl sites for hydroxylation is 2. The summed E-state index contributed by atoms with van der Waals surface area (Å²) in [4.78, 5) is 2.55. The molecule has 1 aliphatic heterocycles. The Labute approximate surface area is 110 Å². The normalized spacial score (nSPS) is 20.7. The Morgan fingerprint density at radius 1 is 1.50 bits per heavy atom. The van der Waals surface area contributed by atoms with Crippen LogP contribution in [0.3, 0.4) is 0 Å². The van der Waals surface area contributed by atoms with Gasteiger partial charge < -0.3 is 5.11 Å². The van der Waals surface area contributed by atoms with Gasteiger partial charge in [0, 0.05) is 25.7 Å². The van der Waals surface area contributed by atoms with Gasteiger partial charge in [0.1, 0.15) is 0 Å². The van der Waals surface area contributed by atoms with Gasteiger partial charge >= 0.3 is 0 Å². The van der Waals surface area contributed by atoms with Crippen LogP contribution in [-0.4, -0.2) is 39.0 Å². The van der Waals surface area contributed by atoms with E-state index < -0.39 is 0 Å². The van der Waals surface area contributed by atoms with Crippen LogP contribution < -0.4 is 0 Å². The molecule has 1 aliphatic rings. The molecular formula is C14H25N3O. The maximum atomic E-state index is 8.96. The summed E-state index contributed by atoms with van der Waals surface area (Å²) in [5.41, 5.74) is 2.43. The van der Waals surface area contributed by atoms with Gasteiger partial charge in [-0.05, 0) is 52.1 Å². The van der Waals surface area contributed by atoms with Crippen molar-refractivity contribution in [3.63, 3.8) is 0 Å². The van der Waals surface area contributed by atoms with Crippen molar-refractivity contribution < 1.29 is 5.11 Å². The first kappa shape index (κ1) is 13.6. The maximum Gasteiger partial charge on any atom is 0.0597 e. The van der Waals surface area contributed by atoms with E-state index in [1.807, 2.05) is 0 Å². The van der Waals surface area contributed by atoms with Crippen molar-refractivity contribution in [3.8, 4) is 0 Å². The average Bonchev–Trinajstić information content (AvgIpc) is 2.94. The highest BCUT2D eigenvalue weighted by atomic mass is 16.2. The third-order valence-corrected chi connectivity index (χ3v) is 3.84. The lowest BCUT2D eigenvalue weighted by Gasteiger charge is -2.24. The molecule has 102 valence electrons. The number of hydrogen-bond acceptors (Lipinski definition) is 3. The van der Waals surface area contributed by atoms with Crippen LogP contribution in [0.4, 0.5) is 0 Å². The van der Waals surface area contributed by atoms with Crippen LogP contribution in [0.15, 0.2) is 6.07 Å². The smallest absolute Gasteiger partial charge is 0.0597 e. The van der Waals surface area contributed by atoms with E-state index in [1.165, 1.54) is 25.1 Å². The first-order valence-electron chi connectivity index (χ1n) is 7.12. The number of likely N-dealkylation sites (tertiary alicyclic amines) is 1. The zero-order chi connectivity index (χ0) is 13.0. The predicted molar refractivity (Wildman–Crippen MR) is 72.4 cm³/mol. The molecule has 4 heteroatoms. The Morgan fingerprint density at radius 2 is 2.33 bits per heavy atom. The summed E-state index contributed by atoms with van der Waals surface area (Å²) >= 11 is 0. The molecular weight excluding hydrogens is 226 g/mol. The van der Waals surface area contributed by atoms with E-state index in [0.717, 1.165) is 31.6 Å². The second-order valence-electron chi connectivity index (χ2n) is 5.23. The highest BCUT2D eigenvalue weighted by Gasteiger charge is 2.24. The first-order valence-corrected chi connectivity index (χ1v) is 7.12. The van der Waals surface area contributed by atoms with E-state index in [-0.39, 0.29) is 0 Å². The van der Waals surface area contributed by atoms with Crippen LogP contribution in [0, 0.1) is 6.92 Å². The van der Waals surface area contributed by atoms with Crippen molar-refractivity contribution in [2.24, 2.45) is 0 Å². The van der Waals surface area contributed by atoms with Gasteiger partial charge in [-0.2, -0.15) is 5.10 Å². The molecule has 1 aromatic heterocycles. The van der Waals surface area contributed by atoms with Gasteiger partial charge in [-0.25, -0.2) is 0 Å². The van der Waals surface area contributed by atoms with Crippen molar-refractivity contribution in [3.05, 3.63) is 17.5 Å². The number of nitrogens with zero attached hydrogens (tertiary/aromatic N) is 3. The van der Waals surface area contributed by atoms with E-state index >= 15 is 0 Å². The van der Waals surface area contributed by atoms with Gasteiger partial charge in [-0.1, -0.05) is 0 Å². The quantitative estimate of drug-likeness (QED) is 0.840. The van der Waals surface area contributed by atoms with Gasteiger partial charge in [0.15, 0.2) is 0 Å². The number of rotatable bonds is 6. The van der Waals surface area contributed by atoms with E-state index in [1.54, 1.807) is 0 Å². The summed E-state index contributed by atoms with van der Waals surface area (Å²) in [5.74, 6) is 0. The molecule has 0 bridgehead atoms. The van der Waals surface area contributed by atoms with Crippen LogP contribution in [0.1, 0.15) is 44.0 Å². The third-order valence-electron chi connectivity index (χ3n) is 3.84. The van der Waals surface area contributed by atoms with Gasteiger partial charge in [-0.3, -0.25) is 9.58 Å². The van der Waals surface area contributed by atoms with Crippen LogP contribution in [0.25, 0.3) is 0 Å². The summed E-state index contributed by atoms with van der Waals surface area (Å²) in [6.07, 6.45) is 4.61. The Kier molecular flexibility index (Phi) is 4.78. The molecule has 0 saturated carbocycles. The minimum atomic E-state index is 0.316. The average molecular weight is 251 g/mol. The molecule has 0 aromatic carbocycles. The van der Waals surface area contributed by atoms with Crippen LogP contribution in [-0.2, 0) is 13.1 Å². The van der Waals surface area contributed by atoms with E-state index in [4.69, 9.17) is 5.11 Å². The highest BCUT2D eigenvalue weighted by molar-refractivity contribution is 5.09. The molecule has 1 atom stereocenters. The zero-order valence-corrected chi connectivity index (χ0v) is 11.6. The van der Waals surface area contributed by atoms with Crippen LogP contribution >= 0.6 is 0 Å². The summed E-state index contributed by atoms with van der Waals surface area (Å²) in [6.45, 7) is 7.65. The molecule has 2 heterocycles. The fraction of sp³-hybridized carbons (Fsp3) is 0.786. The monoisotopic (exact) mass is 251 g/mol. The first-order chi connectivity index (χ1) is 8.74. The Bertz CT molecular complexity index is 375. The minimum absolute atomic E-state index is 0.316. The second kappa shape index (κ2) is 6.34. The van der Waals surface area contributed by atoms with Crippen molar-refractivity contribution in [2.75, 3.05) is 13.2 Å². The Balaban J connectivity index is 1.98. The van der Waals surface area contributed by atoms with E-state index in [9.17, 15) is 0 Å². The summed E-state index contributed by atoms with van der Waals surface area (Å²) in [5, 5.41) is 13.5. The molecule has 1 fully saturated rings. The third kappa shape index (κ3) is 3.12. The number of aliphatic hydroxyl groups excluding tert-OH is 1. The zero-order valence-electron chi connectivity index (χ0n) is 11.6. The molecule has 0 aliphatic carbocycles. The van der Waals surface area contributed by atoms with Crippen molar-refractivity contribution in [1.82, 2.24) is 14.7 Å². The van der Waals surface area contributed by atoms with Crippen LogP contribution in [0.5, 0.6) is 0 Å². The van der Waals surface area contributed by atoms with Gasteiger partial charge in [0.25, 0.3) is 0 Å². The van der Waals surface area contributed by atoms with Gasteiger partial charge in [0.2, 0.25) is 0 Å². The van der Waals surface area contributed by atoms with E-state index in [0.29, 0.717) is 12.6 Å². The summed E-state index contributed by atoms with van der Waals surface area (Å²) in [6, 6.07) is 2.85. The fourth-order valence-corrected chi connectivity index (χ4v) is 2.97. The topological polar surface area (TPSA) is 41.3 Å². The second-order valence-corrected chi connectivity index (χ2v) is 5.23. The molecule has 18 heavy (non-hydrogen) atoms. The molecule has 4 nitrogen and oxygen atoms in total. The van der Waals surface area contributed by atoms with Gasteiger partial charge in [-0.15, -0.1) is 0 Å². The van der Waals surface area contributed by atoms with Crippen molar-refractivity contribution in [2.45, 2.75) is 58.7 Å². The van der Waals surface area contributed by atoms with E-state index in [2.05, 4.69) is 34.6 Å². The largest absolute Gasteiger partial charge is 0.396 e. The van der Waals surface area contributed by atoms with Gasteiger partial charge in [0.05, 0.1) is 11.4 Å². The lowest BCUT2D eigenvalue weighted by molar-refractivity contribution is 0.206. The van der Waals surface area contributed by atoms with Crippen LogP contribution in [0.2, 0.25) is 0 Å².